The van der Waals surface area contributed by atoms with Crippen molar-refractivity contribution in [2.24, 2.45) is 5.73 Å². The molecule has 16 heavy (non-hydrogen) atoms. The molecular formula is C12H18ClFN2. The van der Waals surface area contributed by atoms with E-state index in [2.05, 4.69) is 5.32 Å². The average molecular weight is 245 g/mol. The van der Waals surface area contributed by atoms with Gasteiger partial charge in [0.25, 0.3) is 0 Å². The molecule has 1 aromatic carbocycles. The van der Waals surface area contributed by atoms with Gasteiger partial charge in [-0.15, -0.1) is 0 Å². The molecule has 1 aromatic rings. The first-order chi connectivity index (χ1) is 7.54. The largest absolute Gasteiger partial charge is 0.328 e. The van der Waals surface area contributed by atoms with Crippen LogP contribution in [0.3, 0.4) is 0 Å². The molecule has 0 aliphatic carbocycles. The molecule has 2 unspecified atom stereocenters. The van der Waals surface area contributed by atoms with Crippen LogP contribution >= 0.6 is 11.6 Å². The molecule has 0 aromatic heterocycles. The Morgan fingerprint density at radius 2 is 2.12 bits per heavy atom. The van der Waals surface area contributed by atoms with Crippen molar-refractivity contribution in [2.75, 3.05) is 7.05 Å². The van der Waals surface area contributed by atoms with Crippen molar-refractivity contribution in [3.05, 3.63) is 34.6 Å². The summed E-state index contributed by atoms with van der Waals surface area (Å²) >= 11 is 5.86. The third-order valence-electron chi connectivity index (χ3n) is 2.59. The second-order valence-electron chi connectivity index (χ2n) is 4.06. The minimum absolute atomic E-state index is 0.0373. The molecular weight excluding hydrogens is 227 g/mol. The van der Waals surface area contributed by atoms with Crippen molar-refractivity contribution in [3.8, 4) is 0 Å². The Hall–Kier alpha value is -0.640. The Morgan fingerprint density at radius 1 is 1.44 bits per heavy atom. The molecule has 2 atom stereocenters. The van der Waals surface area contributed by atoms with E-state index in [-0.39, 0.29) is 17.9 Å². The highest BCUT2D eigenvalue weighted by atomic mass is 35.5. The molecule has 3 N–H and O–H groups in total. The predicted octanol–water partition coefficient (Wildman–Crippen LogP) is 2.87. The maximum atomic E-state index is 13.6. The van der Waals surface area contributed by atoms with Gasteiger partial charge in [-0.3, -0.25) is 0 Å². The van der Waals surface area contributed by atoms with Crippen LogP contribution in [0.25, 0.3) is 0 Å². The highest BCUT2D eigenvalue weighted by Gasteiger charge is 2.14. The van der Waals surface area contributed by atoms with Crippen LogP contribution in [0.4, 0.5) is 4.39 Å². The molecule has 4 heteroatoms. The first-order valence-electron chi connectivity index (χ1n) is 5.42. The number of nitrogens with one attached hydrogen (secondary N) is 1. The zero-order chi connectivity index (χ0) is 12.1. The fourth-order valence-corrected chi connectivity index (χ4v) is 1.85. The SMILES string of the molecule is CNC(CCC(C)N)c1cc(Cl)ccc1F. The topological polar surface area (TPSA) is 38.0 Å². The second kappa shape index (κ2) is 6.18. The summed E-state index contributed by atoms with van der Waals surface area (Å²) in [6.45, 7) is 1.95. The quantitative estimate of drug-likeness (QED) is 0.836. The maximum absolute atomic E-state index is 13.6. The standard InChI is InChI=1S/C12H18ClFN2/c1-8(15)3-6-12(16-2)10-7-9(13)4-5-11(10)14/h4-5,7-8,12,16H,3,6,15H2,1-2H3. The molecule has 0 spiro atoms. The van der Waals surface area contributed by atoms with E-state index in [9.17, 15) is 4.39 Å². The lowest BCUT2D eigenvalue weighted by molar-refractivity contribution is 0.474. The summed E-state index contributed by atoms with van der Waals surface area (Å²) in [5.74, 6) is -0.228. The van der Waals surface area contributed by atoms with E-state index in [4.69, 9.17) is 17.3 Å². The molecule has 0 radical (unpaired) electrons. The number of rotatable bonds is 5. The van der Waals surface area contributed by atoms with Crippen LogP contribution in [0, 0.1) is 5.82 Å². The number of hydrogen-bond donors (Lipinski definition) is 2. The van der Waals surface area contributed by atoms with Gasteiger partial charge in [0.05, 0.1) is 0 Å². The van der Waals surface area contributed by atoms with E-state index < -0.39 is 0 Å². The number of benzene rings is 1. The van der Waals surface area contributed by atoms with Gasteiger partial charge >= 0.3 is 0 Å². The highest BCUT2D eigenvalue weighted by molar-refractivity contribution is 6.30. The Kier molecular flexibility index (Phi) is 5.19. The third-order valence-corrected chi connectivity index (χ3v) is 2.83. The number of hydrogen-bond acceptors (Lipinski definition) is 2. The minimum Gasteiger partial charge on any atom is -0.328 e. The summed E-state index contributed by atoms with van der Waals surface area (Å²) in [6, 6.07) is 4.70. The molecule has 0 saturated carbocycles. The number of nitrogens with two attached hydrogens (primary N) is 1. The Balaban J connectivity index is 2.81. The lowest BCUT2D eigenvalue weighted by Gasteiger charge is -2.18. The molecule has 0 saturated heterocycles. The third kappa shape index (κ3) is 3.74. The fraction of sp³-hybridized carbons (Fsp3) is 0.500. The Bertz CT molecular complexity index is 342. The lowest BCUT2D eigenvalue weighted by Crippen LogP contribution is -2.22. The second-order valence-corrected chi connectivity index (χ2v) is 4.50. The van der Waals surface area contributed by atoms with E-state index in [1.165, 1.54) is 6.07 Å². The zero-order valence-corrected chi connectivity index (χ0v) is 10.4. The molecule has 90 valence electrons. The first kappa shape index (κ1) is 13.4. The van der Waals surface area contributed by atoms with Gasteiger partial charge in [-0.1, -0.05) is 11.6 Å². The summed E-state index contributed by atoms with van der Waals surface area (Å²) in [5.41, 5.74) is 6.30. The van der Waals surface area contributed by atoms with Gasteiger partial charge in [0.15, 0.2) is 0 Å². The van der Waals surface area contributed by atoms with Crippen molar-refractivity contribution >= 4 is 11.6 Å². The van der Waals surface area contributed by atoms with Crippen molar-refractivity contribution < 1.29 is 4.39 Å². The normalized spacial score (nSPS) is 14.8. The average Bonchev–Trinajstić information content (AvgIpc) is 2.23. The summed E-state index contributed by atoms with van der Waals surface area (Å²) < 4.78 is 13.6. The van der Waals surface area contributed by atoms with Crippen molar-refractivity contribution in [3.63, 3.8) is 0 Å². The van der Waals surface area contributed by atoms with Crippen LogP contribution in [0.1, 0.15) is 31.4 Å². The van der Waals surface area contributed by atoms with Crippen molar-refractivity contribution in [1.29, 1.82) is 0 Å². The van der Waals surface area contributed by atoms with Gasteiger partial charge in [0.2, 0.25) is 0 Å². The smallest absolute Gasteiger partial charge is 0.128 e. The molecule has 0 aliphatic rings. The molecule has 1 rings (SSSR count). The van der Waals surface area contributed by atoms with E-state index in [1.54, 1.807) is 12.1 Å². The predicted molar refractivity (Wildman–Crippen MR) is 66.1 cm³/mol. The van der Waals surface area contributed by atoms with Gasteiger partial charge in [-0.05, 0) is 45.0 Å². The molecule has 0 amide bonds. The lowest BCUT2D eigenvalue weighted by atomic mass is 9.99. The molecule has 0 heterocycles. The summed E-state index contributed by atoms with van der Waals surface area (Å²) in [4.78, 5) is 0. The van der Waals surface area contributed by atoms with Crippen LogP contribution in [0.2, 0.25) is 5.02 Å². The van der Waals surface area contributed by atoms with Gasteiger partial charge in [0, 0.05) is 22.7 Å². The molecule has 0 fully saturated rings. The van der Waals surface area contributed by atoms with Gasteiger partial charge in [-0.25, -0.2) is 4.39 Å². The van der Waals surface area contributed by atoms with E-state index >= 15 is 0 Å². The summed E-state index contributed by atoms with van der Waals surface area (Å²) in [5, 5.41) is 3.64. The van der Waals surface area contributed by atoms with E-state index in [0.29, 0.717) is 10.6 Å². The molecule has 2 nitrogen and oxygen atoms in total. The maximum Gasteiger partial charge on any atom is 0.128 e. The highest BCUT2D eigenvalue weighted by Crippen LogP contribution is 2.24. The van der Waals surface area contributed by atoms with Gasteiger partial charge in [0.1, 0.15) is 5.82 Å². The summed E-state index contributed by atoms with van der Waals surface area (Å²) in [7, 11) is 1.81. The van der Waals surface area contributed by atoms with E-state index in [1.807, 2.05) is 14.0 Å². The van der Waals surface area contributed by atoms with Crippen LogP contribution < -0.4 is 11.1 Å². The zero-order valence-electron chi connectivity index (χ0n) is 9.63. The monoisotopic (exact) mass is 244 g/mol. The Morgan fingerprint density at radius 3 is 2.69 bits per heavy atom. The van der Waals surface area contributed by atoms with E-state index in [0.717, 1.165) is 12.8 Å². The minimum atomic E-state index is -0.228. The van der Waals surface area contributed by atoms with Gasteiger partial charge in [-0.2, -0.15) is 0 Å². The van der Waals surface area contributed by atoms with Crippen molar-refractivity contribution in [2.45, 2.75) is 31.8 Å². The first-order valence-corrected chi connectivity index (χ1v) is 5.80. The molecule has 0 bridgehead atoms. The van der Waals surface area contributed by atoms with Crippen LogP contribution in [0.15, 0.2) is 18.2 Å². The summed E-state index contributed by atoms with van der Waals surface area (Å²) in [6.07, 6.45) is 1.64. The van der Waals surface area contributed by atoms with Gasteiger partial charge < -0.3 is 11.1 Å². The fourth-order valence-electron chi connectivity index (χ4n) is 1.67. The van der Waals surface area contributed by atoms with Crippen molar-refractivity contribution in [1.82, 2.24) is 5.32 Å². The van der Waals surface area contributed by atoms with Crippen LogP contribution in [0.5, 0.6) is 0 Å². The molecule has 0 aliphatic heterocycles. The Labute approximate surface area is 101 Å². The number of halogens is 2. The van der Waals surface area contributed by atoms with Crippen LogP contribution in [-0.2, 0) is 0 Å². The van der Waals surface area contributed by atoms with Crippen LogP contribution in [-0.4, -0.2) is 13.1 Å².